The number of halogens is 1. The highest BCUT2D eigenvalue weighted by atomic mass is 79.9. The SMILES string of the molecule is COC(=O)CCC[C@](C)(O)C=CBr. The lowest BCUT2D eigenvalue weighted by Gasteiger charge is -2.17. The molecule has 1 N–H and O–H groups in total. The van der Waals surface area contributed by atoms with E-state index < -0.39 is 5.60 Å². The summed E-state index contributed by atoms with van der Waals surface area (Å²) in [7, 11) is 1.36. The second-order valence-electron chi connectivity index (χ2n) is 3.08. The molecule has 0 bridgehead atoms. The zero-order valence-electron chi connectivity index (χ0n) is 7.92. The number of hydrogen-bond acceptors (Lipinski definition) is 3. The Morgan fingerprint density at radius 2 is 2.31 bits per heavy atom. The van der Waals surface area contributed by atoms with Crippen molar-refractivity contribution in [1.82, 2.24) is 0 Å². The summed E-state index contributed by atoms with van der Waals surface area (Å²) in [6, 6.07) is 0. The fraction of sp³-hybridized carbons (Fsp3) is 0.667. The smallest absolute Gasteiger partial charge is 0.305 e. The molecular formula is C9H15BrO3. The fourth-order valence-electron chi connectivity index (χ4n) is 0.912. The predicted octanol–water partition coefficient (Wildman–Crippen LogP) is 1.99. The number of hydrogen-bond donors (Lipinski definition) is 1. The minimum absolute atomic E-state index is 0.237. The van der Waals surface area contributed by atoms with Gasteiger partial charge in [-0.3, -0.25) is 4.79 Å². The van der Waals surface area contributed by atoms with Gasteiger partial charge >= 0.3 is 5.97 Å². The second-order valence-corrected chi connectivity index (χ2v) is 3.61. The van der Waals surface area contributed by atoms with Gasteiger partial charge in [0.1, 0.15) is 0 Å². The van der Waals surface area contributed by atoms with Crippen molar-refractivity contribution in [2.24, 2.45) is 0 Å². The Morgan fingerprint density at radius 1 is 1.69 bits per heavy atom. The topological polar surface area (TPSA) is 46.5 Å². The first-order chi connectivity index (χ1) is 6.02. The fourth-order valence-corrected chi connectivity index (χ4v) is 1.48. The molecule has 0 fully saturated rings. The first kappa shape index (κ1) is 12.7. The molecule has 76 valence electrons. The summed E-state index contributed by atoms with van der Waals surface area (Å²) in [6.45, 7) is 1.70. The number of carbonyl (C=O) groups excluding carboxylic acids is 1. The lowest BCUT2D eigenvalue weighted by molar-refractivity contribution is -0.140. The van der Waals surface area contributed by atoms with Gasteiger partial charge in [0.05, 0.1) is 12.7 Å². The zero-order chi connectivity index (χ0) is 10.3. The number of carbonyl (C=O) groups is 1. The summed E-state index contributed by atoms with van der Waals surface area (Å²) >= 11 is 3.09. The maximum Gasteiger partial charge on any atom is 0.305 e. The van der Waals surface area contributed by atoms with Gasteiger partial charge in [0, 0.05) is 6.42 Å². The average molecular weight is 251 g/mol. The van der Waals surface area contributed by atoms with Gasteiger partial charge in [0.15, 0.2) is 0 Å². The predicted molar refractivity (Wildman–Crippen MR) is 54.6 cm³/mol. The molecule has 0 radical (unpaired) electrons. The summed E-state index contributed by atoms with van der Waals surface area (Å²) in [5.41, 5.74) is -0.850. The van der Waals surface area contributed by atoms with Crippen LogP contribution in [0.5, 0.6) is 0 Å². The molecule has 0 aliphatic rings. The molecule has 0 aromatic carbocycles. The number of ether oxygens (including phenoxy) is 1. The van der Waals surface area contributed by atoms with Crippen LogP contribution < -0.4 is 0 Å². The molecule has 13 heavy (non-hydrogen) atoms. The second kappa shape index (κ2) is 6.16. The monoisotopic (exact) mass is 250 g/mol. The number of esters is 1. The lowest BCUT2D eigenvalue weighted by atomic mass is 9.99. The van der Waals surface area contributed by atoms with E-state index in [2.05, 4.69) is 20.7 Å². The van der Waals surface area contributed by atoms with Crippen LogP contribution in [0.3, 0.4) is 0 Å². The van der Waals surface area contributed by atoms with Crippen LogP contribution in [0.1, 0.15) is 26.2 Å². The van der Waals surface area contributed by atoms with Crippen LogP contribution in [0.2, 0.25) is 0 Å². The van der Waals surface area contributed by atoms with Crippen LogP contribution in [0.25, 0.3) is 0 Å². The minimum Gasteiger partial charge on any atom is -0.469 e. The highest BCUT2D eigenvalue weighted by Crippen LogP contribution is 2.15. The molecule has 1 atom stereocenters. The third kappa shape index (κ3) is 6.78. The van der Waals surface area contributed by atoms with Gasteiger partial charge in [-0.15, -0.1) is 0 Å². The largest absolute Gasteiger partial charge is 0.469 e. The Hall–Kier alpha value is -0.350. The molecule has 0 amide bonds. The molecule has 0 aromatic rings. The highest BCUT2D eigenvalue weighted by molar-refractivity contribution is 9.11. The Bertz CT molecular complexity index is 187. The van der Waals surface area contributed by atoms with Crippen LogP contribution in [0, 0.1) is 0 Å². The maximum absolute atomic E-state index is 10.7. The van der Waals surface area contributed by atoms with E-state index in [-0.39, 0.29) is 5.97 Å². The Labute approximate surface area is 86.9 Å². The minimum atomic E-state index is -0.850. The Morgan fingerprint density at radius 3 is 2.77 bits per heavy atom. The van der Waals surface area contributed by atoms with Crippen LogP contribution >= 0.6 is 15.9 Å². The van der Waals surface area contributed by atoms with E-state index in [4.69, 9.17) is 0 Å². The summed E-state index contributed by atoms with van der Waals surface area (Å²) in [5.74, 6) is -0.237. The lowest BCUT2D eigenvalue weighted by Crippen LogP contribution is -2.20. The van der Waals surface area contributed by atoms with Crippen LogP contribution in [-0.2, 0) is 9.53 Å². The molecule has 3 nitrogen and oxygen atoms in total. The quantitative estimate of drug-likeness (QED) is 0.760. The first-order valence-corrected chi connectivity index (χ1v) is 5.00. The van der Waals surface area contributed by atoms with Gasteiger partial charge in [-0.05, 0) is 30.8 Å². The van der Waals surface area contributed by atoms with E-state index in [1.54, 1.807) is 18.0 Å². The van der Waals surface area contributed by atoms with E-state index >= 15 is 0 Å². The third-order valence-electron chi connectivity index (χ3n) is 1.71. The van der Waals surface area contributed by atoms with Gasteiger partial charge in [0.2, 0.25) is 0 Å². The van der Waals surface area contributed by atoms with Crippen molar-refractivity contribution in [3.8, 4) is 0 Å². The van der Waals surface area contributed by atoms with Crippen molar-refractivity contribution < 1.29 is 14.6 Å². The summed E-state index contributed by atoms with van der Waals surface area (Å²) in [6.07, 6.45) is 3.16. The van der Waals surface area contributed by atoms with Gasteiger partial charge in [0.25, 0.3) is 0 Å². The van der Waals surface area contributed by atoms with E-state index in [1.807, 2.05) is 0 Å². The van der Waals surface area contributed by atoms with Crippen molar-refractivity contribution in [3.63, 3.8) is 0 Å². The maximum atomic E-state index is 10.7. The summed E-state index contributed by atoms with van der Waals surface area (Å²) in [5, 5.41) is 9.63. The molecule has 0 aromatic heterocycles. The average Bonchev–Trinajstić information content (AvgIpc) is 2.03. The normalized spacial score (nSPS) is 15.7. The van der Waals surface area contributed by atoms with Crippen molar-refractivity contribution in [2.45, 2.75) is 31.8 Å². The highest BCUT2D eigenvalue weighted by Gasteiger charge is 2.15. The van der Waals surface area contributed by atoms with Crippen molar-refractivity contribution in [1.29, 1.82) is 0 Å². The van der Waals surface area contributed by atoms with Crippen molar-refractivity contribution in [2.75, 3.05) is 7.11 Å². The Kier molecular flexibility index (Phi) is 5.99. The number of rotatable bonds is 5. The number of methoxy groups -OCH3 is 1. The van der Waals surface area contributed by atoms with Crippen LogP contribution in [0.15, 0.2) is 11.1 Å². The van der Waals surface area contributed by atoms with Crippen molar-refractivity contribution >= 4 is 21.9 Å². The molecule has 0 heterocycles. The van der Waals surface area contributed by atoms with E-state index in [1.165, 1.54) is 7.11 Å². The van der Waals surface area contributed by atoms with Gasteiger partial charge in [-0.1, -0.05) is 15.9 Å². The molecule has 0 saturated carbocycles. The van der Waals surface area contributed by atoms with Crippen LogP contribution in [-0.4, -0.2) is 23.8 Å². The number of aliphatic hydroxyl groups is 1. The van der Waals surface area contributed by atoms with E-state index in [0.717, 1.165) is 0 Å². The van der Waals surface area contributed by atoms with Crippen LogP contribution in [0.4, 0.5) is 0 Å². The summed E-state index contributed by atoms with van der Waals surface area (Å²) < 4.78 is 4.48. The van der Waals surface area contributed by atoms with Crippen molar-refractivity contribution in [3.05, 3.63) is 11.1 Å². The zero-order valence-corrected chi connectivity index (χ0v) is 9.50. The standard InChI is InChI=1S/C9H15BrO3/c1-9(12,6-7-10)5-3-4-8(11)13-2/h6-7,12H,3-5H2,1-2H3/t9-/m0/s1. The molecule has 0 aliphatic heterocycles. The van der Waals surface area contributed by atoms with Gasteiger partial charge in [-0.25, -0.2) is 0 Å². The van der Waals surface area contributed by atoms with Gasteiger partial charge < -0.3 is 9.84 Å². The molecular weight excluding hydrogens is 236 g/mol. The molecule has 0 aliphatic carbocycles. The molecule has 0 unspecified atom stereocenters. The molecule has 4 heteroatoms. The Balaban J connectivity index is 3.69. The third-order valence-corrected chi connectivity index (χ3v) is 1.98. The van der Waals surface area contributed by atoms with E-state index in [9.17, 15) is 9.90 Å². The molecule has 0 saturated heterocycles. The summed E-state index contributed by atoms with van der Waals surface area (Å²) in [4.78, 5) is 12.3. The first-order valence-electron chi connectivity index (χ1n) is 4.09. The van der Waals surface area contributed by atoms with E-state index in [0.29, 0.717) is 19.3 Å². The van der Waals surface area contributed by atoms with Gasteiger partial charge in [-0.2, -0.15) is 0 Å². The molecule has 0 rings (SSSR count). The molecule has 0 spiro atoms.